The molecule has 12 amide bonds. The van der Waals surface area contributed by atoms with Crippen molar-refractivity contribution >= 4 is 120 Å². The van der Waals surface area contributed by atoms with Crippen LogP contribution in [0.15, 0.2) is 146 Å². The van der Waals surface area contributed by atoms with E-state index in [9.17, 15) is 97.1 Å². The number of nitrogens with zero attached hydrogens (tertiary/aromatic N) is 8. The first kappa shape index (κ1) is 89.8. The molecule has 4 fully saturated rings. The summed E-state index contributed by atoms with van der Waals surface area (Å²) in [4.78, 5) is 189. The zero-order valence-corrected chi connectivity index (χ0v) is 61.6. The Morgan fingerprint density at radius 3 is 0.536 bits per heavy atom. The summed E-state index contributed by atoms with van der Waals surface area (Å²) in [7, 11) is 0. The predicted molar refractivity (Wildman–Crippen MR) is 399 cm³/mol. The lowest BCUT2D eigenvalue weighted by atomic mass is 10.1. The molecule has 600 valence electrons. The Balaban J connectivity index is 0.000000269. The molecular formula is C76H88N8O28. The number of hydrogen-bond acceptors (Lipinski definition) is 20. The van der Waals surface area contributed by atoms with Crippen molar-refractivity contribution in [1.29, 1.82) is 0 Å². The summed E-state index contributed by atoms with van der Waals surface area (Å²) < 4.78 is 23.1. The smallest absolute Gasteiger partial charge is 0.414 e. The molecule has 112 heavy (non-hydrogen) atoms. The third-order valence-electron chi connectivity index (χ3n) is 17.5. The summed E-state index contributed by atoms with van der Waals surface area (Å²) in [6.45, 7) is 19.0. The quantitative estimate of drug-likeness (QED) is 0.0193. The monoisotopic (exact) mass is 1560 g/mol. The molecule has 4 heterocycles. The fraction of sp³-hybridized carbons (Fsp3) is 0.368. The van der Waals surface area contributed by atoms with Gasteiger partial charge in [0.1, 0.15) is 25.1 Å². The van der Waals surface area contributed by atoms with Crippen LogP contribution in [0.1, 0.15) is 120 Å². The summed E-state index contributed by atoms with van der Waals surface area (Å²) >= 11 is 0. The van der Waals surface area contributed by atoms with Gasteiger partial charge in [-0.05, 0) is 176 Å². The van der Waals surface area contributed by atoms with Crippen LogP contribution in [0.4, 0.5) is 61.1 Å². The molecule has 0 spiro atoms. The highest BCUT2D eigenvalue weighted by Crippen LogP contribution is 2.30. The largest absolute Gasteiger partial charge is 0.465 e. The van der Waals surface area contributed by atoms with Crippen LogP contribution >= 0.6 is 0 Å². The summed E-state index contributed by atoms with van der Waals surface area (Å²) in [5.74, 6) is -2.87. The Bertz CT molecular complexity index is 3630. The van der Waals surface area contributed by atoms with Gasteiger partial charge in [0.05, 0.1) is 101 Å². The molecular weight excluding hydrogens is 1470 g/mol. The van der Waals surface area contributed by atoms with Crippen LogP contribution in [0, 0.1) is 0 Å². The third kappa shape index (κ3) is 26.8. The van der Waals surface area contributed by atoms with Crippen LogP contribution in [0.5, 0.6) is 0 Å². The summed E-state index contributed by atoms with van der Waals surface area (Å²) in [6, 6.07) is 24.8. The zero-order chi connectivity index (χ0) is 83.4. The lowest BCUT2D eigenvalue weighted by Crippen LogP contribution is -2.43. The Kier molecular flexibility index (Phi) is 34.3. The second kappa shape index (κ2) is 42.8. The number of anilines is 4. The average Bonchev–Trinajstić information content (AvgIpc) is 1.74. The predicted octanol–water partition coefficient (Wildman–Crippen LogP) is 10.5. The standard InChI is InChI=1S/2C22H22N2O7.2C16H22N2O7/c2*25-13-15-1-5-17(6-2-15)23(21(27)28)11-19-9-10-20(31-19)12-24(22(29)30)18-7-3-16(14-26)4-8-18;2*1-9(2)13(19)17(15(21)22)7-11-5-6-12(25-11)8-18(16(23)24)14(20)10(3)4/h2*1-8,13-14,19-20H,9-12H2,(H,27,28)(H,29,30);2*11-12H,1,3,5-8H2,2,4H3,(H,21,22)(H,23,24)/t19-,20+;19-,20-;11-,12+;11-,12-/m.0.0/s1. The van der Waals surface area contributed by atoms with Gasteiger partial charge < -0.3 is 59.8 Å². The minimum Gasteiger partial charge on any atom is -0.465 e. The van der Waals surface area contributed by atoms with Gasteiger partial charge in [0.25, 0.3) is 23.6 Å². The van der Waals surface area contributed by atoms with Crippen LogP contribution in [-0.2, 0) is 38.1 Å². The Hall–Kier alpha value is -12.8. The SMILES string of the molecule is C=C(C)C(=O)N(C[C@@H]1CC[C@@H](CN(C(=O)O)C(=O)C(=C)C)O1)C(=O)O.C=C(C)C(=O)N(C[C@H]1CC[C@@H](CN(C(=O)O)C(=O)C(=C)C)O1)C(=O)O.O=Cc1ccc(N(C[C@@H]2CC[C@@H](CN(C(=O)O)c3ccc(C=O)cc3)O2)C(=O)O)cc1.O=Cc1ccc(N(C[C@H]2CC[C@@H](CN(C(=O)O)c3ccc(C=O)cc3)O2)C(=O)O)cc1. The number of ether oxygens (including phenoxy) is 4. The number of benzene rings is 4. The van der Waals surface area contributed by atoms with Gasteiger partial charge in [0, 0.05) is 67.3 Å². The normalized spacial score (nSPS) is 18.3. The number of carboxylic acid groups (broad SMARTS) is 8. The zero-order valence-electron chi connectivity index (χ0n) is 61.6. The van der Waals surface area contributed by atoms with Gasteiger partial charge >= 0.3 is 48.7 Å². The van der Waals surface area contributed by atoms with Gasteiger partial charge in [-0.25, -0.2) is 58.0 Å². The molecule has 4 aromatic rings. The van der Waals surface area contributed by atoms with Gasteiger partial charge in [0.15, 0.2) is 0 Å². The topological polar surface area (TPSA) is 498 Å². The molecule has 0 saturated carbocycles. The van der Waals surface area contributed by atoms with Crippen molar-refractivity contribution in [1.82, 2.24) is 19.6 Å². The van der Waals surface area contributed by atoms with Gasteiger partial charge in [0.2, 0.25) is 0 Å². The van der Waals surface area contributed by atoms with E-state index in [-0.39, 0.29) is 99.1 Å². The second-order valence-electron chi connectivity index (χ2n) is 26.2. The maximum atomic E-state index is 11.8. The fourth-order valence-electron chi connectivity index (χ4n) is 11.8. The summed E-state index contributed by atoms with van der Waals surface area (Å²) in [6.07, 6.45) is -7.26. The van der Waals surface area contributed by atoms with Crippen LogP contribution in [0.2, 0.25) is 0 Å². The molecule has 4 saturated heterocycles. The van der Waals surface area contributed by atoms with E-state index in [4.69, 9.17) is 39.4 Å². The number of aldehydes is 4. The first-order valence-electron chi connectivity index (χ1n) is 34.6. The molecule has 4 aliphatic rings. The van der Waals surface area contributed by atoms with Crippen molar-refractivity contribution in [2.24, 2.45) is 0 Å². The van der Waals surface area contributed by atoms with E-state index in [1.165, 1.54) is 76.2 Å². The van der Waals surface area contributed by atoms with Crippen molar-refractivity contribution in [3.05, 3.63) is 168 Å². The molecule has 0 aromatic heterocycles. The highest BCUT2D eigenvalue weighted by atomic mass is 16.5. The van der Waals surface area contributed by atoms with Gasteiger partial charge in [-0.1, -0.05) is 26.3 Å². The maximum Gasteiger partial charge on any atom is 0.414 e. The average molecular weight is 1560 g/mol. The molecule has 8 N–H and O–H groups in total. The van der Waals surface area contributed by atoms with E-state index in [0.29, 0.717) is 141 Å². The molecule has 8 atom stereocenters. The van der Waals surface area contributed by atoms with E-state index < -0.39 is 96.8 Å². The van der Waals surface area contributed by atoms with Crippen LogP contribution in [0.3, 0.4) is 0 Å². The molecule has 36 heteroatoms. The van der Waals surface area contributed by atoms with Crippen molar-refractivity contribution in [2.75, 3.05) is 72.0 Å². The first-order valence-corrected chi connectivity index (χ1v) is 34.6. The van der Waals surface area contributed by atoms with Crippen molar-refractivity contribution in [2.45, 2.75) is 128 Å². The Morgan fingerprint density at radius 2 is 0.420 bits per heavy atom. The van der Waals surface area contributed by atoms with Crippen molar-refractivity contribution in [3.63, 3.8) is 0 Å². The molecule has 0 aliphatic carbocycles. The van der Waals surface area contributed by atoms with E-state index in [1.807, 2.05) is 0 Å². The number of carbonyl (C=O) groups is 16. The first-order chi connectivity index (χ1) is 52.9. The molecule has 0 bridgehead atoms. The van der Waals surface area contributed by atoms with Gasteiger partial charge in [-0.3, -0.25) is 58.0 Å². The van der Waals surface area contributed by atoms with Crippen molar-refractivity contribution < 1.29 is 137 Å². The number of amides is 12. The molecule has 0 unspecified atom stereocenters. The van der Waals surface area contributed by atoms with E-state index in [1.54, 1.807) is 48.5 Å². The van der Waals surface area contributed by atoms with Crippen LogP contribution in [0.25, 0.3) is 0 Å². The van der Waals surface area contributed by atoms with E-state index in [0.717, 1.165) is 19.6 Å². The molecule has 4 aromatic carbocycles. The third-order valence-corrected chi connectivity index (χ3v) is 17.5. The molecule has 4 aliphatic heterocycles. The maximum absolute atomic E-state index is 11.8. The molecule has 0 radical (unpaired) electrons. The Labute approximate surface area is 641 Å². The van der Waals surface area contributed by atoms with Crippen molar-refractivity contribution in [3.8, 4) is 0 Å². The fourth-order valence-corrected chi connectivity index (χ4v) is 11.8. The van der Waals surface area contributed by atoms with Gasteiger partial charge in [-0.15, -0.1) is 0 Å². The van der Waals surface area contributed by atoms with Crippen LogP contribution < -0.4 is 19.6 Å². The van der Waals surface area contributed by atoms with E-state index in [2.05, 4.69) is 26.3 Å². The number of carbonyl (C=O) groups excluding carboxylic acids is 8. The second-order valence-corrected chi connectivity index (χ2v) is 26.2. The highest BCUT2D eigenvalue weighted by molar-refractivity contribution is 6.03. The molecule has 8 rings (SSSR count). The van der Waals surface area contributed by atoms with Gasteiger partial charge in [-0.2, -0.15) is 0 Å². The summed E-state index contributed by atoms with van der Waals surface area (Å²) in [5, 5.41) is 74.9. The number of imide groups is 4. The highest BCUT2D eigenvalue weighted by Gasteiger charge is 2.38. The van der Waals surface area contributed by atoms with E-state index >= 15 is 0 Å². The molecule has 36 nitrogen and oxygen atoms in total. The lowest BCUT2D eigenvalue weighted by molar-refractivity contribution is -0.129. The van der Waals surface area contributed by atoms with Crippen LogP contribution in [-0.4, -0.2) is 259 Å². The number of rotatable bonds is 28. The number of hydrogen-bond donors (Lipinski definition) is 8. The minimum atomic E-state index is -1.41. The lowest BCUT2D eigenvalue weighted by Gasteiger charge is -2.25. The minimum absolute atomic E-state index is 0.0843. The Morgan fingerprint density at radius 1 is 0.277 bits per heavy atom. The summed E-state index contributed by atoms with van der Waals surface area (Å²) in [5.41, 5.74) is 3.81.